The first-order valence-electron chi connectivity index (χ1n) is 19.6. The van der Waals surface area contributed by atoms with Crippen molar-refractivity contribution in [2.24, 2.45) is 7.05 Å². The molecule has 13 heteroatoms. The number of carbonyl (C=O) groups excluding carboxylic acids is 1. The Hall–Kier alpha value is -5.78. The number of methoxy groups -OCH3 is 1. The Morgan fingerprint density at radius 2 is 1.73 bits per heavy atom. The molecule has 304 valence electrons. The Labute approximate surface area is 352 Å². The lowest BCUT2D eigenvalue weighted by Gasteiger charge is -2.35. The van der Waals surface area contributed by atoms with Gasteiger partial charge in [0.1, 0.15) is 17.2 Å². The van der Waals surface area contributed by atoms with Crippen LogP contribution in [0, 0.1) is 34.6 Å². The Balaban J connectivity index is 1.30. The van der Waals surface area contributed by atoms with Gasteiger partial charge in [-0.1, -0.05) is 35.3 Å². The molecule has 1 N–H and O–H groups in total. The molecule has 0 saturated carbocycles. The predicted octanol–water partition coefficient (Wildman–Crippen LogP) is 10.2. The number of carboxylic acids is 1. The molecule has 0 bridgehead atoms. The van der Waals surface area contributed by atoms with Gasteiger partial charge >= 0.3 is 5.97 Å². The van der Waals surface area contributed by atoms with Crippen LogP contribution in [0.15, 0.2) is 60.8 Å². The molecule has 4 aromatic heterocycles. The summed E-state index contributed by atoms with van der Waals surface area (Å²) in [4.78, 5) is 34.8. The zero-order chi connectivity index (χ0) is 42.0. The Morgan fingerprint density at radius 1 is 0.983 bits per heavy atom. The summed E-state index contributed by atoms with van der Waals surface area (Å²) in [5.74, 6) is -0.157. The lowest BCUT2D eigenvalue weighted by molar-refractivity contribution is 0.0698. The zero-order valence-electron chi connectivity index (χ0n) is 34.4. The fraction of sp³-hybridized carbons (Fsp3) is 0.304. The van der Waals surface area contributed by atoms with Gasteiger partial charge in [-0.15, -0.1) is 0 Å². The average Bonchev–Trinajstić information content (AvgIpc) is 3.82. The lowest BCUT2D eigenvalue weighted by atomic mass is 9.98. The van der Waals surface area contributed by atoms with E-state index in [9.17, 15) is 9.90 Å². The molecule has 0 unspecified atom stereocenters. The second-order valence-corrected chi connectivity index (χ2v) is 16.3. The molecule has 0 saturated heterocycles. The van der Waals surface area contributed by atoms with Gasteiger partial charge in [0.2, 0.25) is 0 Å². The number of aryl methyl sites for hydroxylation is 6. The van der Waals surface area contributed by atoms with E-state index >= 15 is 4.79 Å². The van der Waals surface area contributed by atoms with Crippen LogP contribution in [0.3, 0.4) is 0 Å². The minimum Gasteiger partial charge on any atom is -0.496 e. The van der Waals surface area contributed by atoms with Crippen LogP contribution < -0.4 is 14.4 Å². The maximum atomic E-state index is 15.5. The highest BCUT2D eigenvalue weighted by Crippen LogP contribution is 2.46. The maximum absolute atomic E-state index is 15.5. The number of carbonyl (C=O) groups is 2. The number of halogens is 2. The van der Waals surface area contributed by atoms with Gasteiger partial charge in [-0.2, -0.15) is 5.10 Å². The first kappa shape index (κ1) is 40.0. The van der Waals surface area contributed by atoms with E-state index in [1.54, 1.807) is 17.2 Å². The number of amides is 1. The second-order valence-electron chi connectivity index (χ2n) is 15.5. The topological polar surface area (TPSA) is 117 Å². The van der Waals surface area contributed by atoms with E-state index in [0.717, 1.165) is 72.3 Å². The minimum atomic E-state index is -1.10. The van der Waals surface area contributed by atoms with Crippen LogP contribution in [0.25, 0.3) is 32.9 Å². The molecule has 1 amide bonds. The molecule has 0 radical (unpaired) electrons. The summed E-state index contributed by atoms with van der Waals surface area (Å²) in [7, 11) is 3.44. The summed E-state index contributed by atoms with van der Waals surface area (Å²) in [6, 6.07) is 16.9. The van der Waals surface area contributed by atoms with Crippen LogP contribution in [0.4, 0.5) is 5.69 Å². The molecule has 1 aliphatic heterocycles. The summed E-state index contributed by atoms with van der Waals surface area (Å²) < 4.78 is 17.9. The van der Waals surface area contributed by atoms with Crippen LogP contribution >= 0.6 is 23.2 Å². The van der Waals surface area contributed by atoms with Gasteiger partial charge in [0.05, 0.1) is 64.3 Å². The second kappa shape index (κ2) is 15.4. The van der Waals surface area contributed by atoms with Crippen molar-refractivity contribution in [3.63, 3.8) is 0 Å². The van der Waals surface area contributed by atoms with Crippen molar-refractivity contribution in [1.82, 2.24) is 23.9 Å². The Kier molecular flexibility index (Phi) is 10.5. The molecule has 8 rings (SSSR count). The van der Waals surface area contributed by atoms with Crippen molar-refractivity contribution in [1.29, 1.82) is 0 Å². The highest BCUT2D eigenvalue weighted by molar-refractivity contribution is 6.35. The summed E-state index contributed by atoms with van der Waals surface area (Å²) >= 11 is 13.6. The Morgan fingerprint density at radius 3 is 2.39 bits per heavy atom. The predicted molar refractivity (Wildman–Crippen MR) is 233 cm³/mol. The maximum Gasteiger partial charge on any atom is 0.338 e. The van der Waals surface area contributed by atoms with Crippen LogP contribution in [0.5, 0.6) is 11.5 Å². The number of fused-ring (bicyclic) bond motifs is 4. The zero-order valence-corrected chi connectivity index (χ0v) is 35.9. The minimum absolute atomic E-state index is 0.0752. The monoisotopic (exact) mass is 832 g/mol. The number of aromatic carboxylic acids is 1. The molecule has 7 aromatic rings. The van der Waals surface area contributed by atoms with Crippen LogP contribution in [0.1, 0.15) is 79.7 Å². The third-order valence-corrected chi connectivity index (χ3v) is 12.5. The third-order valence-electron chi connectivity index (χ3n) is 11.5. The fourth-order valence-electron chi connectivity index (χ4n) is 8.87. The van der Waals surface area contributed by atoms with Gasteiger partial charge in [-0.05, 0) is 114 Å². The van der Waals surface area contributed by atoms with Crippen LogP contribution in [-0.2, 0) is 20.0 Å². The van der Waals surface area contributed by atoms with Gasteiger partial charge in [0.15, 0.2) is 0 Å². The smallest absolute Gasteiger partial charge is 0.338 e. The number of hydrogen-bond donors (Lipinski definition) is 1. The molecule has 0 aliphatic carbocycles. The van der Waals surface area contributed by atoms with E-state index in [4.69, 9.17) is 42.8 Å². The molecule has 3 aromatic carbocycles. The molecule has 1 aliphatic rings. The Bertz CT molecular complexity index is 2830. The van der Waals surface area contributed by atoms with E-state index in [1.807, 2.05) is 99.4 Å². The van der Waals surface area contributed by atoms with Crippen molar-refractivity contribution in [3.8, 4) is 22.6 Å². The SMILES string of the molecule is COc1ccc(N2C[C@@H](C)n3c(c(CCCOc4cc(C)c(Cl)c(C)c4)c4ccc(Cl)c(-c5c(C)nn(C)c5C)c43)C2=O)c2c1c(C(=O)O)cn2Cc1cccc(C)n1. The summed E-state index contributed by atoms with van der Waals surface area (Å²) in [5.41, 5.74) is 10.6. The number of aromatic nitrogens is 5. The molecule has 0 spiro atoms. The number of ether oxygens (including phenoxy) is 2. The van der Waals surface area contributed by atoms with Gasteiger partial charge in [-0.25, -0.2) is 4.79 Å². The van der Waals surface area contributed by atoms with Gasteiger partial charge < -0.3 is 28.6 Å². The normalized spacial score (nSPS) is 14.1. The molecular formula is C46H46Cl2N6O5. The number of pyridine rings is 1. The summed E-state index contributed by atoms with van der Waals surface area (Å²) in [6.45, 7) is 13.0. The molecule has 0 fully saturated rings. The van der Waals surface area contributed by atoms with Crippen LogP contribution in [0.2, 0.25) is 10.0 Å². The summed E-state index contributed by atoms with van der Waals surface area (Å²) in [6.07, 6.45) is 2.78. The molecule has 11 nitrogen and oxygen atoms in total. The average molecular weight is 834 g/mol. The molecular weight excluding hydrogens is 787 g/mol. The van der Waals surface area contributed by atoms with E-state index < -0.39 is 5.97 Å². The van der Waals surface area contributed by atoms with Gasteiger partial charge in [0, 0.05) is 58.8 Å². The van der Waals surface area contributed by atoms with Gasteiger partial charge in [-0.3, -0.25) is 14.5 Å². The molecule has 59 heavy (non-hydrogen) atoms. The van der Waals surface area contributed by atoms with E-state index in [1.165, 1.54) is 7.11 Å². The highest BCUT2D eigenvalue weighted by atomic mass is 35.5. The van der Waals surface area contributed by atoms with Gasteiger partial charge in [0.25, 0.3) is 5.91 Å². The number of hydrogen-bond acceptors (Lipinski definition) is 6. The number of anilines is 1. The number of carboxylic acid groups (broad SMARTS) is 1. The summed E-state index contributed by atoms with van der Waals surface area (Å²) in [5, 5.41) is 17.8. The first-order valence-corrected chi connectivity index (χ1v) is 20.4. The molecule has 1 atom stereocenters. The van der Waals surface area contributed by atoms with Crippen molar-refractivity contribution >= 4 is 62.6 Å². The molecule has 5 heterocycles. The largest absolute Gasteiger partial charge is 0.496 e. The van der Waals surface area contributed by atoms with E-state index in [-0.39, 0.29) is 24.1 Å². The quantitative estimate of drug-likeness (QED) is 0.129. The highest BCUT2D eigenvalue weighted by Gasteiger charge is 2.38. The standard InChI is InChI=1S/C46H46Cl2N6O5/c1-24-19-31(20-25(2)41(24)48)59-18-10-13-32-33-14-15-35(47)40(38-28(5)50-51(7)29(38)6)42(33)54-27(4)21-53(45(55)43(32)54)36-16-17-37(58-8)39-34(46(56)57)23-52(44(36)39)22-30-12-9-11-26(3)49-30/h9,11-12,14-17,19-20,23,27H,10,13,18,21-22H2,1-8H3,(H,56,57)/t27-/m1/s1. The van der Waals surface area contributed by atoms with Crippen molar-refractivity contribution < 1.29 is 24.2 Å². The number of benzene rings is 3. The van der Waals surface area contributed by atoms with Crippen LogP contribution in [-0.4, -0.2) is 61.1 Å². The van der Waals surface area contributed by atoms with Crippen molar-refractivity contribution in [3.05, 3.63) is 122 Å². The fourth-order valence-corrected chi connectivity index (χ4v) is 9.23. The lowest BCUT2D eigenvalue weighted by Crippen LogP contribution is -2.43. The van der Waals surface area contributed by atoms with Crippen molar-refractivity contribution in [2.75, 3.05) is 25.2 Å². The third kappa shape index (κ3) is 6.79. The number of rotatable bonds is 11. The van der Waals surface area contributed by atoms with E-state index in [0.29, 0.717) is 59.0 Å². The number of nitrogens with zero attached hydrogens (tertiary/aromatic N) is 6. The van der Waals surface area contributed by atoms with E-state index in [2.05, 4.69) is 11.5 Å². The first-order chi connectivity index (χ1) is 28.2. The van der Waals surface area contributed by atoms with Crippen molar-refractivity contribution in [2.45, 2.75) is 67.0 Å².